The highest BCUT2D eigenvalue weighted by Crippen LogP contribution is 2.31. The van der Waals surface area contributed by atoms with E-state index in [4.69, 9.17) is 14.5 Å². The Morgan fingerprint density at radius 1 is 1.33 bits per heavy atom. The predicted molar refractivity (Wildman–Crippen MR) is 118 cm³/mol. The number of aromatic nitrogens is 3. The topological polar surface area (TPSA) is 85.6 Å². The Labute approximate surface area is 179 Å². The molecule has 0 bridgehead atoms. The van der Waals surface area contributed by atoms with Crippen molar-refractivity contribution in [2.24, 2.45) is 17.5 Å². The van der Waals surface area contributed by atoms with Crippen LogP contribution in [0.5, 0.6) is 5.75 Å². The molecular formula is C22H34N6O2. The first-order valence-electron chi connectivity index (χ1n) is 10.4. The SMILES string of the molecule is COC(CNC(=NCc1nnc(C)n1C)NC1CCOc2ccccc21)C(C)(C)C. The highest BCUT2D eigenvalue weighted by atomic mass is 16.5. The molecule has 1 aromatic carbocycles. The van der Waals surface area contributed by atoms with Crippen molar-refractivity contribution in [2.45, 2.75) is 52.8 Å². The van der Waals surface area contributed by atoms with Crippen LogP contribution in [0.1, 0.15) is 50.4 Å². The Hall–Kier alpha value is -2.61. The average Bonchev–Trinajstić information content (AvgIpc) is 3.03. The molecule has 2 heterocycles. The van der Waals surface area contributed by atoms with Gasteiger partial charge >= 0.3 is 0 Å². The lowest BCUT2D eigenvalue weighted by Gasteiger charge is -2.31. The maximum Gasteiger partial charge on any atom is 0.192 e. The number of ether oxygens (including phenoxy) is 2. The van der Waals surface area contributed by atoms with Crippen molar-refractivity contribution in [2.75, 3.05) is 20.3 Å². The molecular weight excluding hydrogens is 380 g/mol. The molecule has 0 spiro atoms. The van der Waals surface area contributed by atoms with Crippen molar-refractivity contribution in [1.29, 1.82) is 0 Å². The van der Waals surface area contributed by atoms with E-state index in [0.29, 0.717) is 19.7 Å². The molecule has 0 saturated carbocycles. The van der Waals surface area contributed by atoms with E-state index in [1.165, 1.54) is 0 Å². The monoisotopic (exact) mass is 414 g/mol. The van der Waals surface area contributed by atoms with E-state index in [-0.39, 0.29) is 17.6 Å². The van der Waals surface area contributed by atoms with Crippen LogP contribution in [0, 0.1) is 12.3 Å². The molecule has 1 aliphatic rings. The van der Waals surface area contributed by atoms with Gasteiger partial charge in [-0.05, 0) is 18.4 Å². The summed E-state index contributed by atoms with van der Waals surface area (Å²) in [6.45, 7) is 10.2. The maximum absolute atomic E-state index is 5.80. The van der Waals surface area contributed by atoms with Crippen molar-refractivity contribution in [3.8, 4) is 5.75 Å². The Morgan fingerprint density at radius 3 is 2.77 bits per heavy atom. The zero-order valence-corrected chi connectivity index (χ0v) is 18.9. The minimum absolute atomic E-state index is 0.0127. The number of guanidine groups is 1. The number of hydrogen-bond acceptors (Lipinski definition) is 5. The van der Waals surface area contributed by atoms with Crippen molar-refractivity contribution in [3.63, 3.8) is 0 Å². The maximum atomic E-state index is 5.80. The van der Waals surface area contributed by atoms with Crippen LogP contribution in [0.25, 0.3) is 0 Å². The molecule has 0 aliphatic carbocycles. The summed E-state index contributed by atoms with van der Waals surface area (Å²) in [7, 11) is 3.70. The van der Waals surface area contributed by atoms with Gasteiger partial charge in [-0.2, -0.15) is 0 Å². The van der Waals surface area contributed by atoms with Crippen LogP contribution in [0.4, 0.5) is 0 Å². The largest absolute Gasteiger partial charge is 0.493 e. The Balaban J connectivity index is 1.78. The molecule has 1 aromatic heterocycles. The summed E-state index contributed by atoms with van der Waals surface area (Å²) < 4.78 is 13.5. The fraction of sp³-hybridized carbons (Fsp3) is 0.591. The fourth-order valence-corrected chi connectivity index (χ4v) is 3.48. The average molecular weight is 415 g/mol. The number of nitrogens with zero attached hydrogens (tertiary/aromatic N) is 4. The number of rotatable bonds is 6. The van der Waals surface area contributed by atoms with Gasteiger partial charge < -0.3 is 24.7 Å². The third-order valence-corrected chi connectivity index (χ3v) is 5.54. The number of aliphatic imine (C=N–C) groups is 1. The molecule has 0 saturated heterocycles. The lowest BCUT2D eigenvalue weighted by molar-refractivity contribution is 0.0204. The first-order valence-corrected chi connectivity index (χ1v) is 10.4. The summed E-state index contributed by atoms with van der Waals surface area (Å²) in [5, 5.41) is 15.4. The quantitative estimate of drug-likeness (QED) is 0.558. The number of methoxy groups -OCH3 is 1. The second kappa shape index (κ2) is 9.47. The van der Waals surface area contributed by atoms with Crippen molar-refractivity contribution >= 4 is 5.96 Å². The second-order valence-electron chi connectivity index (χ2n) is 8.73. The fourth-order valence-electron chi connectivity index (χ4n) is 3.48. The minimum Gasteiger partial charge on any atom is -0.493 e. The van der Waals surface area contributed by atoms with Crippen LogP contribution in [0.3, 0.4) is 0 Å². The van der Waals surface area contributed by atoms with E-state index in [2.05, 4.69) is 47.7 Å². The molecule has 8 nitrogen and oxygen atoms in total. The van der Waals surface area contributed by atoms with Crippen LogP contribution in [0.2, 0.25) is 0 Å². The van der Waals surface area contributed by atoms with Crippen LogP contribution < -0.4 is 15.4 Å². The van der Waals surface area contributed by atoms with Crippen LogP contribution in [-0.2, 0) is 18.3 Å². The predicted octanol–water partition coefficient (Wildman–Crippen LogP) is 2.74. The van der Waals surface area contributed by atoms with Gasteiger partial charge in [-0.15, -0.1) is 10.2 Å². The van der Waals surface area contributed by atoms with Gasteiger partial charge in [0.05, 0.1) is 18.8 Å². The van der Waals surface area contributed by atoms with Gasteiger partial charge in [-0.1, -0.05) is 39.0 Å². The molecule has 3 rings (SSSR count). The zero-order valence-electron chi connectivity index (χ0n) is 18.9. The van der Waals surface area contributed by atoms with E-state index in [1.807, 2.05) is 36.7 Å². The lowest BCUT2D eigenvalue weighted by Crippen LogP contribution is -2.46. The van der Waals surface area contributed by atoms with Crippen molar-refractivity contribution in [3.05, 3.63) is 41.5 Å². The molecule has 0 fully saturated rings. The molecule has 2 atom stereocenters. The third-order valence-electron chi connectivity index (χ3n) is 5.54. The molecule has 2 unspecified atom stereocenters. The Bertz CT molecular complexity index is 871. The summed E-state index contributed by atoms with van der Waals surface area (Å²) >= 11 is 0. The summed E-state index contributed by atoms with van der Waals surface area (Å²) in [6.07, 6.45) is 0.914. The smallest absolute Gasteiger partial charge is 0.192 e. The normalized spacial score (nSPS) is 17.8. The number of fused-ring (bicyclic) bond motifs is 1. The van der Waals surface area contributed by atoms with Crippen molar-refractivity contribution in [1.82, 2.24) is 25.4 Å². The standard InChI is InChI=1S/C22H34N6O2/c1-15-26-27-20(28(15)5)14-24-21(23-13-19(29-6)22(2,3)4)25-17-11-12-30-18-10-8-7-9-16(17)18/h7-10,17,19H,11-14H2,1-6H3,(H2,23,24,25). The van der Waals surface area contributed by atoms with Gasteiger partial charge in [-0.25, -0.2) is 4.99 Å². The summed E-state index contributed by atoms with van der Waals surface area (Å²) in [4.78, 5) is 4.80. The van der Waals surface area contributed by atoms with E-state index in [0.717, 1.165) is 35.3 Å². The molecule has 30 heavy (non-hydrogen) atoms. The highest BCUT2D eigenvalue weighted by Gasteiger charge is 2.26. The minimum atomic E-state index is 0.0127. The van der Waals surface area contributed by atoms with Gasteiger partial charge in [0.2, 0.25) is 0 Å². The molecule has 1 aliphatic heterocycles. The molecule has 164 valence electrons. The van der Waals surface area contributed by atoms with Gasteiger partial charge in [0.15, 0.2) is 11.8 Å². The number of hydrogen-bond donors (Lipinski definition) is 2. The molecule has 8 heteroatoms. The van der Waals surface area contributed by atoms with Crippen LogP contribution in [-0.4, -0.2) is 47.1 Å². The molecule has 2 N–H and O–H groups in total. The van der Waals surface area contributed by atoms with Gasteiger partial charge in [0.25, 0.3) is 0 Å². The number of benzene rings is 1. The van der Waals surface area contributed by atoms with Gasteiger partial charge in [-0.3, -0.25) is 0 Å². The van der Waals surface area contributed by atoms with Crippen molar-refractivity contribution < 1.29 is 9.47 Å². The van der Waals surface area contributed by atoms with E-state index < -0.39 is 0 Å². The highest BCUT2D eigenvalue weighted by molar-refractivity contribution is 5.80. The molecule has 2 aromatic rings. The zero-order chi connectivity index (χ0) is 21.7. The Morgan fingerprint density at radius 2 is 2.10 bits per heavy atom. The van der Waals surface area contributed by atoms with E-state index in [9.17, 15) is 0 Å². The second-order valence-corrected chi connectivity index (χ2v) is 8.73. The van der Waals surface area contributed by atoms with Gasteiger partial charge in [0, 0.05) is 32.7 Å². The molecule has 0 radical (unpaired) electrons. The summed E-state index contributed by atoms with van der Waals surface area (Å²) in [6, 6.07) is 8.27. The Kier molecular flexibility index (Phi) is 6.97. The van der Waals surface area contributed by atoms with E-state index in [1.54, 1.807) is 7.11 Å². The van der Waals surface area contributed by atoms with Crippen LogP contribution >= 0.6 is 0 Å². The molecule has 0 amide bonds. The van der Waals surface area contributed by atoms with Gasteiger partial charge in [0.1, 0.15) is 18.1 Å². The van der Waals surface area contributed by atoms with E-state index >= 15 is 0 Å². The summed E-state index contributed by atoms with van der Waals surface area (Å²) in [5.41, 5.74) is 1.16. The lowest BCUT2D eigenvalue weighted by atomic mass is 9.89. The number of nitrogens with one attached hydrogen (secondary N) is 2. The first-order chi connectivity index (χ1) is 14.3. The first kappa shape index (κ1) is 22.1. The third kappa shape index (κ3) is 5.30. The summed E-state index contributed by atoms with van der Waals surface area (Å²) in [5.74, 6) is 3.34. The van der Waals surface area contributed by atoms with Crippen LogP contribution in [0.15, 0.2) is 29.3 Å². The number of para-hydroxylation sites is 1. The number of aryl methyl sites for hydroxylation is 1.